The standard InChI is InChI=1S/C17H18N2O2/c1-13-5-3-4-6-14(13)11-12-18-17(20)19-15-7-9-16(21-2)10-8-15/h3-12H,1-2H3,(H2,18,19,20)/b12-11+. The number of hydrogen-bond acceptors (Lipinski definition) is 2. The molecule has 2 N–H and O–H groups in total. The van der Waals surface area contributed by atoms with Crippen LogP contribution in [0, 0.1) is 6.92 Å². The van der Waals surface area contributed by atoms with Gasteiger partial charge in [-0.1, -0.05) is 24.3 Å². The Morgan fingerprint density at radius 1 is 1.10 bits per heavy atom. The van der Waals surface area contributed by atoms with E-state index in [1.807, 2.05) is 37.3 Å². The maximum atomic E-state index is 11.7. The first-order chi connectivity index (χ1) is 10.2. The van der Waals surface area contributed by atoms with E-state index >= 15 is 0 Å². The Morgan fingerprint density at radius 3 is 2.48 bits per heavy atom. The number of methoxy groups -OCH3 is 1. The molecule has 0 saturated heterocycles. The topological polar surface area (TPSA) is 50.4 Å². The lowest BCUT2D eigenvalue weighted by atomic mass is 10.1. The van der Waals surface area contributed by atoms with Crippen molar-refractivity contribution < 1.29 is 9.53 Å². The molecule has 0 spiro atoms. The second-order valence-electron chi connectivity index (χ2n) is 4.52. The number of nitrogens with one attached hydrogen (secondary N) is 2. The third-order valence-corrected chi connectivity index (χ3v) is 3.01. The van der Waals surface area contributed by atoms with Crippen molar-refractivity contribution in [2.75, 3.05) is 12.4 Å². The van der Waals surface area contributed by atoms with Gasteiger partial charge < -0.3 is 15.4 Å². The molecule has 4 nitrogen and oxygen atoms in total. The number of rotatable bonds is 4. The molecule has 0 aliphatic heterocycles. The normalized spacial score (nSPS) is 10.4. The van der Waals surface area contributed by atoms with E-state index < -0.39 is 0 Å². The Balaban J connectivity index is 1.88. The maximum absolute atomic E-state index is 11.7. The van der Waals surface area contributed by atoms with Gasteiger partial charge in [-0.25, -0.2) is 4.79 Å². The minimum atomic E-state index is -0.287. The molecule has 0 aromatic heterocycles. The van der Waals surface area contributed by atoms with Crippen LogP contribution in [-0.2, 0) is 0 Å². The molecule has 21 heavy (non-hydrogen) atoms. The number of hydrogen-bond donors (Lipinski definition) is 2. The first-order valence-electron chi connectivity index (χ1n) is 6.63. The summed E-state index contributed by atoms with van der Waals surface area (Å²) in [5.74, 6) is 0.750. The molecular formula is C17H18N2O2. The number of benzene rings is 2. The summed E-state index contributed by atoms with van der Waals surface area (Å²) < 4.78 is 5.06. The van der Waals surface area contributed by atoms with Crippen LogP contribution in [0.2, 0.25) is 0 Å². The smallest absolute Gasteiger partial charge is 0.323 e. The molecule has 2 aromatic rings. The van der Waals surface area contributed by atoms with Gasteiger partial charge in [-0.2, -0.15) is 0 Å². The lowest BCUT2D eigenvalue weighted by molar-refractivity contribution is 0.255. The fourth-order valence-corrected chi connectivity index (χ4v) is 1.82. The highest BCUT2D eigenvalue weighted by Crippen LogP contribution is 2.14. The number of anilines is 1. The average molecular weight is 282 g/mol. The summed E-state index contributed by atoms with van der Waals surface area (Å²) in [5, 5.41) is 5.41. The van der Waals surface area contributed by atoms with Gasteiger partial charge in [0.15, 0.2) is 0 Å². The second-order valence-corrected chi connectivity index (χ2v) is 4.52. The zero-order chi connectivity index (χ0) is 15.1. The molecule has 0 aliphatic rings. The van der Waals surface area contributed by atoms with Crippen LogP contribution in [0.5, 0.6) is 5.75 Å². The van der Waals surface area contributed by atoms with Crippen molar-refractivity contribution in [1.82, 2.24) is 5.32 Å². The van der Waals surface area contributed by atoms with Crippen LogP contribution < -0.4 is 15.4 Å². The predicted molar refractivity (Wildman–Crippen MR) is 85.4 cm³/mol. The Kier molecular flexibility index (Phi) is 4.99. The molecule has 4 heteroatoms. The number of amides is 2. The van der Waals surface area contributed by atoms with Gasteiger partial charge in [0.1, 0.15) is 5.75 Å². The molecule has 0 fully saturated rings. The van der Waals surface area contributed by atoms with Crippen LogP contribution in [0.1, 0.15) is 11.1 Å². The lowest BCUT2D eigenvalue weighted by Gasteiger charge is -2.06. The van der Waals surface area contributed by atoms with E-state index in [1.54, 1.807) is 37.6 Å². The summed E-state index contributed by atoms with van der Waals surface area (Å²) in [4.78, 5) is 11.7. The maximum Gasteiger partial charge on any atom is 0.323 e. The van der Waals surface area contributed by atoms with E-state index in [0.717, 1.165) is 16.9 Å². The van der Waals surface area contributed by atoms with Gasteiger partial charge in [-0.05, 0) is 48.4 Å². The van der Waals surface area contributed by atoms with Gasteiger partial charge >= 0.3 is 6.03 Å². The minimum absolute atomic E-state index is 0.287. The SMILES string of the molecule is COc1ccc(NC(=O)N/C=C/c2ccccc2C)cc1. The van der Waals surface area contributed by atoms with Crippen molar-refractivity contribution in [2.45, 2.75) is 6.92 Å². The monoisotopic (exact) mass is 282 g/mol. The Morgan fingerprint density at radius 2 is 1.81 bits per heavy atom. The molecule has 0 aliphatic carbocycles. The van der Waals surface area contributed by atoms with E-state index in [2.05, 4.69) is 10.6 Å². The average Bonchev–Trinajstić information content (AvgIpc) is 2.50. The Bertz CT molecular complexity index is 633. The largest absolute Gasteiger partial charge is 0.497 e. The predicted octanol–water partition coefficient (Wildman–Crippen LogP) is 3.80. The Labute approximate surface area is 124 Å². The fourth-order valence-electron chi connectivity index (χ4n) is 1.82. The van der Waals surface area contributed by atoms with Crippen LogP contribution in [0.4, 0.5) is 10.5 Å². The van der Waals surface area contributed by atoms with Crippen LogP contribution in [0.3, 0.4) is 0 Å². The van der Waals surface area contributed by atoms with Crippen molar-refractivity contribution in [2.24, 2.45) is 0 Å². The molecule has 0 saturated carbocycles. The van der Waals surface area contributed by atoms with Gasteiger partial charge in [0, 0.05) is 11.9 Å². The number of carbonyl (C=O) groups is 1. The van der Waals surface area contributed by atoms with E-state index in [-0.39, 0.29) is 6.03 Å². The molecular weight excluding hydrogens is 264 g/mol. The van der Waals surface area contributed by atoms with Crippen molar-refractivity contribution in [3.63, 3.8) is 0 Å². The minimum Gasteiger partial charge on any atom is -0.497 e. The zero-order valence-corrected chi connectivity index (χ0v) is 12.1. The molecule has 0 atom stereocenters. The van der Waals surface area contributed by atoms with Gasteiger partial charge in [0.25, 0.3) is 0 Å². The second kappa shape index (κ2) is 7.14. The molecule has 108 valence electrons. The molecule has 2 aromatic carbocycles. The quantitative estimate of drug-likeness (QED) is 0.896. The van der Waals surface area contributed by atoms with Crippen molar-refractivity contribution in [1.29, 1.82) is 0 Å². The van der Waals surface area contributed by atoms with E-state index in [1.165, 1.54) is 0 Å². The summed E-state index contributed by atoms with van der Waals surface area (Å²) in [7, 11) is 1.60. The van der Waals surface area contributed by atoms with Crippen LogP contribution in [-0.4, -0.2) is 13.1 Å². The number of carbonyl (C=O) groups excluding carboxylic acids is 1. The Hall–Kier alpha value is -2.75. The van der Waals surface area contributed by atoms with Crippen molar-refractivity contribution in [3.8, 4) is 5.75 Å². The molecule has 2 amide bonds. The molecule has 0 radical (unpaired) electrons. The highest BCUT2D eigenvalue weighted by molar-refractivity contribution is 5.90. The molecule has 2 rings (SSSR count). The zero-order valence-electron chi connectivity index (χ0n) is 12.1. The van der Waals surface area contributed by atoms with Gasteiger partial charge in [0.05, 0.1) is 7.11 Å². The molecule has 0 heterocycles. The molecule has 0 bridgehead atoms. The van der Waals surface area contributed by atoms with Crippen LogP contribution >= 0.6 is 0 Å². The lowest BCUT2D eigenvalue weighted by Crippen LogP contribution is -2.23. The van der Waals surface area contributed by atoms with Crippen molar-refractivity contribution in [3.05, 3.63) is 65.9 Å². The fraction of sp³-hybridized carbons (Fsp3) is 0.118. The van der Waals surface area contributed by atoms with E-state index in [4.69, 9.17) is 4.74 Å². The van der Waals surface area contributed by atoms with Gasteiger partial charge in [-0.3, -0.25) is 0 Å². The third kappa shape index (κ3) is 4.38. The number of urea groups is 1. The third-order valence-electron chi connectivity index (χ3n) is 3.01. The highest BCUT2D eigenvalue weighted by atomic mass is 16.5. The number of ether oxygens (including phenoxy) is 1. The molecule has 0 unspecified atom stereocenters. The number of aryl methyl sites for hydroxylation is 1. The summed E-state index contributed by atoms with van der Waals surface area (Å²) in [6, 6.07) is 14.8. The van der Waals surface area contributed by atoms with Crippen LogP contribution in [0.15, 0.2) is 54.7 Å². The summed E-state index contributed by atoms with van der Waals surface area (Å²) in [6.07, 6.45) is 3.49. The van der Waals surface area contributed by atoms with Crippen molar-refractivity contribution >= 4 is 17.8 Å². The van der Waals surface area contributed by atoms with E-state index in [0.29, 0.717) is 5.69 Å². The summed E-state index contributed by atoms with van der Waals surface area (Å²) in [6.45, 7) is 2.02. The van der Waals surface area contributed by atoms with Gasteiger partial charge in [0.2, 0.25) is 0 Å². The summed E-state index contributed by atoms with van der Waals surface area (Å²) >= 11 is 0. The first-order valence-corrected chi connectivity index (χ1v) is 6.63. The van der Waals surface area contributed by atoms with Gasteiger partial charge in [-0.15, -0.1) is 0 Å². The van der Waals surface area contributed by atoms with Crippen LogP contribution in [0.25, 0.3) is 6.08 Å². The highest BCUT2D eigenvalue weighted by Gasteiger charge is 1.99. The first kappa shape index (κ1) is 14.7. The summed E-state index contributed by atoms with van der Waals surface area (Å²) in [5.41, 5.74) is 2.94. The van der Waals surface area contributed by atoms with E-state index in [9.17, 15) is 4.79 Å².